The molecule has 0 saturated heterocycles. The van der Waals surface area contributed by atoms with E-state index in [-0.39, 0.29) is 4.58 Å². The number of hydrogen-bond donors (Lipinski definition) is 4. The monoisotopic (exact) mass is 550 g/mol. The highest BCUT2D eigenvalue weighted by atomic mass is 32.2. The van der Waals surface area contributed by atoms with Crippen LogP contribution in [0.4, 0.5) is 0 Å². The molecule has 0 aromatic rings. The van der Waals surface area contributed by atoms with Crippen molar-refractivity contribution in [3.63, 3.8) is 0 Å². The van der Waals surface area contributed by atoms with E-state index >= 15 is 0 Å². The average Bonchev–Trinajstić information content (AvgIpc) is 2.87. The molecule has 0 aliphatic carbocycles. The Morgan fingerprint density at radius 3 is 1.03 bits per heavy atom. The lowest BCUT2D eigenvalue weighted by Gasteiger charge is -2.30. The molecule has 6 heteroatoms. The van der Waals surface area contributed by atoms with Crippen molar-refractivity contribution in [2.75, 3.05) is 11.5 Å². The molecule has 4 atom stereocenters. The lowest BCUT2D eigenvalue weighted by Crippen LogP contribution is -2.46. The van der Waals surface area contributed by atoms with Gasteiger partial charge in [-0.3, -0.25) is 0 Å². The Morgan fingerprint density at radius 2 is 0.722 bits per heavy atom. The van der Waals surface area contributed by atoms with Crippen molar-refractivity contribution in [1.29, 1.82) is 0 Å². The Morgan fingerprint density at radius 1 is 0.417 bits per heavy atom. The third-order valence-corrected chi connectivity index (χ3v) is 10.1. The molecule has 0 radical (unpaired) electrons. The van der Waals surface area contributed by atoms with Gasteiger partial charge in [0.1, 0.15) is 18.3 Å². The number of rotatable bonds is 28. The normalized spacial score (nSPS) is 15.3. The number of aliphatic hydroxyl groups excluding tert-OH is 4. The highest BCUT2D eigenvalue weighted by Gasteiger charge is 2.33. The molecular weight excluding hydrogens is 488 g/mol. The predicted octanol–water partition coefficient (Wildman–Crippen LogP) is 8.08. The highest BCUT2D eigenvalue weighted by molar-refractivity contribution is 8.17. The molecule has 0 aromatic carbocycles. The second kappa shape index (κ2) is 27.1. The van der Waals surface area contributed by atoms with Gasteiger partial charge in [0.15, 0.2) is 0 Å². The van der Waals surface area contributed by atoms with Gasteiger partial charge in [-0.25, -0.2) is 0 Å². The Balaban J connectivity index is 4.14. The van der Waals surface area contributed by atoms with Gasteiger partial charge >= 0.3 is 0 Å². The van der Waals surface area contributed by atoms with Crippen LogP contribution in [0.2, 0.25) is 0 Å². The van der Waals surface area contributed by atoms with Crippen LogP contribution < -0.4 is 0 Å². The molecule has 36 heavy (non-hydrogen) atoms. The molecule has 0 aliphatic rings. The minimum absolute atomic E-state index is 0.175. The topological polar surface area (TPSA) is 80.9 Å². The van der Waals surface area contributed by atoms with Gasteiger partial charge in [0.25, 0.3) is 0 Å². The van der Waals surface area contributed by atoms with Gasteiger partial charge in [0.2, 0.25) is 0 Å². The number of unbranched alkanes of at least 4 members (excludes halogenated alkanes) is 18. The molecule has 0 unspecified atom stereocenters. The van der Waals surface area contributed by atoms with E-state index in [0.717, 1.165) is 24.3 Å². The van der Waals surface area contributed by atoms with Gasteiger partial charge < -0.3 is 20.4 Å². The van der Waals surface area contributed by atoms with Gasteiger partial charge in [-0.1, -0.05) is 129 Å². The minimum Gasteiger partial charge on any atom is -0.391 e. The van der Waals surface area contributed by atoms with Crippen LogP contribution in [0.25, 0.3) is 0 Å². The molecule has 0 heterocycles. The third-order valence-electron chi connectivity index (χ3n) is 7.03. The lowest BCUT2D eigenvalue weighted by molar-refractivity contribution is -0.0952. The Labute approximate surface area is 233 Å². The van der Waals surface area contributed by atoms with E-state index in [2.05, 4.69) is 13.8 Å². The Hall–Kier alpha value is 0.540. The van der Waals surface area contributed by atoms with Crippen molar-refractivity contribution in [1.82, 2.24) is 0 Å². The molecule has 218 valence electrons. The van der Waals surface area contributed by atoms with Gasteiger partial charge in [-0.05, 0) is 31.3 Å². The summed E-state index contributed by atoms with van der Waals surface area (Å²) in [4.78, 5) is 0. The molecule has 0 saturated carbocycles. The summed E-state index contributed by atoms with van der Waals surface area (Å²) in [6, 6.07) is 0. The van der Waals surface area contributed by atoms with Gasteiger partial charge in [0.05, 0.1) is 10.7 Å². The van der Waals surface area contributed by atoms with Crippen LogP contribution in [0.15, 0.2) is 0 Å². The third kappa shape index (κ3) is 21.5. The van der Waals surface area contributed by atoms with Crippen LogP contribution in [-0.4, -0.2) is 60.9 Å². The lowest BCUT2D eigenvalue weighted by atomic mass is 10.1. The molecule has 0 rings (SSSR count). The van der Waals surface area contributed by atoms with Crippen LogP contribution in [0.3, 0.4) is 0 Å². The number of thioether (sulfide) groups is 2. The SMILES string of the molecule is CCCCCCCCCCCCSC(SCCCCCCCCCCCC)[C@@H](O)[C@@H](O)[C@H](O)[C@@H](C)O. The fourth-order valence-corrected chi connectivity index (χ4v) is 7.36. The minimum atomic E-state index is -1.32. The summed E-state index contributed by atoms with van der Waals surface area (Å²) in [6.45, 7) is 5.96. The number of aliphatic hydroxyl groups is 4. The van der Waals surface area contributed by atoms with Crippen molar-refractivity contribution >= 4 is 23.5 Å². The Bertz CT molecular complexity index is 413. The van der Waals surface area contributed by atoms with Gasteiger partial charge in [-0.2, -0.15) is 0 Å². The van der Waals surface area contributed by atoms with E-state index in [1.165, 1.54) is 122 Å². The van der Waals surface area contributed by atoms with E-state index in [1.807, 2.05) is 0 Å². The molecule has 0 spiro atoms. The molecule has 0 amide bonds. The van der Waals surface area contributed by atoms with Crippen molar-refractivity contribution in [3.05, 3.63) is 0 Å². The standard InChI is InChI=1S/C30H62O4S2/c1-4-6-8-10-12-14-16-18-20-22-24-35-30(29(34)28(33)27(32)26(3)31)36-25-23-21-19-17-15-13-11-9-7-5-2/h26-34H,4-25H2,1-3H3/t26-,27-,28+,29+/m1/s1. The van der Waals surface area contributed by atoms with Crippen molar-refractivity contribution in [2.24, 2.45) is 0 Å². The fraction of sp³-hybridized carbons (Fsp3) is 1.00. The average molecular weight is 551 g/mol. The van der Waals surface area contributed by atoms with Crippen LogP contribution >= 0.6 is 23.5 Å². The van der Waals surface area contributed by atoms with Crippen LogP contribution in [0.1, 0.15) is 149 Å². The van der Waals surface area contributed by atoms with Crippen LogP contribution in [0, 0.1) is 0 Å². The summed E-state index contributed by atoms with van der Waals surface area (Å²) in [6.07, 6.45) is 21.4. The fourth-order valence-electron chi connectivity index (χ4n) is 4.47. The smallest absolute Gasteiger partial charge is 0.110 e. The zero-order valence-electron chi connectivity index (χ0n) is 24.0. The highest BCUT2D eigenvalue weighted by Crippen LogP contribution is 2.31. The first kappa shape index (κ1) is 36.5. The van der Waals surface area contributed by atoms with Crippen molar-refractivity contribution in [2.45, 2.75) is 178 Å². The zero-order valence-corrected chi connectivity index (χ0v) is 25.7. The van der Waals surface area contributed by atoms with E-state index in [9.17, 15) is 20.4 Å². The summed E-state index contributed by atoms with van der Waals surface area (Å²) in [7, 11) is 0. The predicted molar refractivity (Wildman–Crippen MR) is 162 cm³/mol. The second-order valence-corrected chi connectivity index (χ2v) is 13.5. The van der Waals surface area contributed by atoms with E-state index in [4.69, 9.17) is 0 Å². The first-order valence-electron chi connectivity index (χ1n) is 15.4. The number of hydrogen-bond acceptors (Lipinski definition) is 6. The molecule has 0 aliphatic heterocycles. The van der Waals surface area contributed by atoms with Crippen molar-refractivity contribution in [3.8, 4) is 0 Å². The van der Waals surface area contributed by atoms with Crippen molar-refractivity contribution < 1.29 is 20.4 Å². The van der Waals surface area contributed by atoms with E-state index in [1.54, 1.807) is 23.5 Å². The maximum absolute atomic E-state index is 10.8. The van der Waals surface area contributed by atoms with E-state index in [0.29, 0.717) is 0 Å². The molecule has 4 N–H and O–H groups in total. The molecule has 0 fully saturated rings. The van der Waals surface area contributed by atoms with Gasteiger partial charge in [0, 0.05) is 0 Å². The maximum atomic E-state index is 10.8. The summed E-state index contributed by atoms with van der Waals surface area (Å²) in [5, 5.41) is 40.8. The van der Waals surface area contributed by atoms with Crippen LogP contribution in [-0.2, 0) is 0 Å². The summed E-state index contributed by atoms with van der Waals surface area (Å²) < 4.78 is -0.175. The zero-order chi connectivity index (χ0) is 26.9. The molecule has 0 aromatic heterocycles. The second-order valence-electron chi connectivity index (χ2n) is 10.7. The summed E-state index contributed by atoms with van der Waals surface area (Å²) in [5.41, 5.74) is 0. The largest absolute Gasteiger partial charge is 0.391 e. The Kier molecular flexibility index (Phi) is 27.5. The van der Waals surface area contributed by atoms with E-state index < -0.39 is 24.4 Å². The quantitative estimate of drug-likeness (QED) is 0.0582. The molecule has 4 nitrogen and oxygen atoms in total. The summed E-state index contributed by atoms with van der Waals surface area (Å²) in [5.74, 6) is 1.92. The van der Waals surface area contributed by atoms with Gasteiger partial charge in [-0.15, -0.1) is 23.5 Å². The molecular formula is C30H62O4S2. The maximum Gasteiger partial charge on any atom is 0.110 e. The summed E-state index contributed by atoms with van der Waals surface area (Å²) >= 11 is 3.41. The molecule has 0 bridgehead atoms. The first-order chi connectivity index (χ1) is 17.5. The first-order valence-corrected chi connectivity index (χ1v) is 17.5. The van der Waals surface area contributed by atoms with Crippen LogP contribution in [0.5, 0.6) is 0 Å².